The maximum Gasteiger partial charge on any atom is 0.127 e. The average molecular weight is 239 g/mol. The van der Waals surface area contributed by atoms with Crippen LogP contribution in [0.4, 0.5) is 0 Å². The van der Waals surface area contributed by atoms with Crippen molar-refractivity contribution in [2.45, 2.75) is 12.5 Å². The van der Waals surface area contributed by atoms with Crippen molar-refractivity contribution in [3.8, 4) is 11.5 Å². The molecule has 0 aromatic heterocycles. The summed E-state index contributed by atoms with van der Waals surface area (Å²) in [7, 11) is 7.25. The van der Waals surface area contributed by atoms with Gasteiger partial charge in [0.15, 0.2) is 0 Å². The predicted octanol–water partition coefficient (Wildman–Crippen LogP) is 1.69. The Morgan fingerprint density at radius 2 is 1.94 bits per heavy atom. The van der Waals surface area contributed by atoms with Crippen LogP contribution in [-0.4, -0.2) is 44.9 Å². The number of aliphatic hydroxyl groups is 1. The lowest BCUT2D eigenvalue weighted by Gasteiger charge is -2.25. The molecule has 0 saturated heterocycles. The maximum absolute atomic E-state index is 9.12. The first-order chi connectivity index (χ1) is 8.13. The third kappa shape index (κ3) is 3.35. The first kappa shape index (κ1) is 13.8. The van der Waals surface area contributed by atoms with Crippen LogP contribution in [0.2, 0.25) is 0 Å². The second-order valence-corrected chi connectivity index (χ2v) is 4.10. The Labute approximate surface area is 103 Å². The highest BCUT2D eigenvalue weighted by atomic mass is 16.5. The molecule has 17 heavy (non-hydrogen) atoms. The molecule has 0 aliphatic carbocycles. The first-order valence-electron chi connectivity index (χ1n) is 5.63. The molecule has 0 amide bonds. The second kappa shape index (κ2) is 6.47. The van der Waals surface area contributed by atoms with Gasteiger partial charge >= 0.3 is 0 Å². The van der Waals surface area contributed by atoms with E-state index in [1.54, 1.807) is 14.2 Å². The fourth-order valence-electron chi connectivity index (χ4n) is 1.91. The van der Waals surface area contributed by atoms with Gasteiger partial charge in [-0.3, -0.25) is 0 Å². The van der Waals surface area contributed by atoms with E-state index in [9.17, 15) is 0 Å². The smallest absolute Gasteiger partial charge is 0.127 e. The summed E-state index contributed by atoms with van der Waals surface area (Å²) in [4.78, 5) is 2.07. The Bertz CT molecular complexity index is 353. The number of hydrogen-bond donors (Lipinski definition) is 1. The molecule has 0 spiro atoms. The van der Waals surface area contributed by atoms with Crippen molar-refractivity contribution >= 4 is 0 Å². The zero-order valence-corrected chi connectivity index (χ0v) is 10.9. The van der Waals surface area contributed by atoms with Gasteiger partial charge in [0.1, 0.15) is 11.5 Å². The van der Waals surface area contributed by atoms with Crippen molar-refractivity contribution in [1.29, 1.82) is 0 Å². The Hall–Kier alpha value is -1.26. The number of nitrogens with zero attached hydrogens (tertiary/aromatic N) is 1. The number of aliphatic hydroxyl groups excluding tert-OH is 1. The molecule has 4 heteroatoms. The van der Waals surface area contributed by atoms with E-state index in [0.717, 1.165) is 17.1 Å². The minimum absolute atomic E-state index is 0.140. The van der Waals surface area contributed by atoms with E-state index in [1.807, 2.05) is 32.3 Å². The molecule has 1 N–H and O–H groups in total. The standard InChI is InChI=1S/C13H21NO3/c1-14(2)12(7-8-15)11-6-5-10(16-3)9-13(11)17-4/h5-6,9,12,15H,7-8H2,1-4H3. The predicted molar refractivity (Wildman–Crippen MR) is 67.7 cm³/mol. The van der Waals surface area contributed by atoms with Crippen molar-refractivity contribution in [3.05, 3.63) is 23.8 Å². The Balaban J connectivity index is 3.09. The molecule has 1 rings (SSSR count). The summed E-state index contributed by atoms with van der Waals surface area (Å²) in [5.41, 5.74) is 1.06. The van der Waals surface area contributed by atoms with Crippen LogP contribution in [0.15, 0.2) is 18.2 Å². The topological polar surface area (TPSA) is 41.9 Å². The summed E-state index contributed by atoms with van der Waals surface area (Å²) in [5.74, 6) is 1.56. The first-order valence-corrected chi connectivity index (χ1v) is 5.63. The lowest BCUT2D eigenvalue weighted by atomic mass is 10.0. The molecule has 1 aromatic carbocycles. The van der Waals surface area contributed by atoms with Crippen LogP contribution in [0.5, 0.6) is 11.5 Å². The molecular formula is C13H21NO3. The Morgan fingerprint density at radius 1 is 1.24 bits per heavy atom. The normalized spacial score (nSPS) is 12.6. The Morgan fingerprint density at radius 3 is 2.41 bits per heavy atom. The third-order valence-corrected chi connectivity index (χ3v) is 2.83. The third-order valence-electron chi connectivity index (χ3n) is 2.83. The van der Waals surface area contributed by atoms with Crippen LogP contribution in [0.1, 0.15) is 18.0 Å². The molecule has 0 bridgehead atoms. The lowest BCUT2D eigenvalue weighted by Crippen LogP contribution is -2.21. The van der Waals surface area contributed by atoms with Crippen LogP contribution >= 0.6 is 0 Å². The van der Waals surface area contributed by atoms with Crippen LogP contribution in [0.3, 0.4) is 0 Å². The van der Waals surface area contributed by atoms with E-state index in [0.29, 0.717) is 6.42 Å². The molecule has 0 heterocycles. The maximum atomic E-state index is 9.12. The number of methoxy groups -OCH3 is 2. The number of rotatable bonds is 6. The van der Waals surface area contributed by atoms with Gasteiger partial charge in [-0.1, -0.05) is 6.07 Å². The molecule has 0 fully saturated rings. The largest absolute Gasteiger partial charge is 0.497 e. The zero-order valence-electron chi connectivity index (χ0n) is 10.9. The van der Waals surface area contributed by atoms with Crippen molar-refractivity contribution in [2.24, 2.45) is 0 Å². The fourth-order valence-corrected chi connectivity index (χ4v) is 1.91. The van der Waals surface area contributed by atoms with E-state index in [1.165, 1.54) is 0 Å². The number of benzene rings is 1. The monoisotopic (exact) mass is 239 g/mol. The fraction of sp³-hybridized carbons (Fsp3) is 0.538. The highest BCUT2D eigenvalue weighted by Crippen LogP contribution is 2.33. The summed E-state index contributed by atoms with van der Waals surface area (Å²) in [6.45, 7) is 0.151. The lowest BCUT2D eigenvalue weighted by molar-refractivity contribution is 0.207. The van der Waals surface area contributed by atoms with Crippen molar-refractivity contribution in [3.63, 3.8) is 0 Å². The van der Waals surface area contributed by atoms with Gasteiger partial charge in [0.25, 0.3) is 0 Å². The van der Waals surface area contributed by atoms with E-state index < -0.39 is 0 Å². The van der Waals surface area contributed by atoms with Gasteiger partial charge in [0, 0.05) is 24.3 Å². The molecule has 0 saturated carbocycles. The molecule has 1 aromatic rings. The van der Waals surface area contributed by atoms with Crippen LogP contribution in [0.25, 0.3) is 0 Å². The van der Waals surface area contributed by atoms with Crippen molar-refractivity contribution in [1.82, 2.24) is 4.90 Å². The minimum Gasteiger partial charge on any atom is -0.497 e. The molecule has 0 aliphatic rings. The highest BCUT2D eigenvalue weighted by Gasteiger charge is 2.18. The quantitative estimate of drug-likeness (QED) is 0.820. The van der Waals surface area contributed by atoms with Crippen molar-refractivity contribution < 1.29 is 14.6 Å². The van der Waals surface area contributed by atoms with Gasteiger partial charge < -0.3 is 19.5 Å². The molecular weight excluding hydrogens is 218 g/mol. The number of ether oxygens (including phenoxy) is 2. The van der Waals surface area contributed by atoms with E-state index in [4.69, 9.17) is 14.6 Å². The molecule has 96 valence electrons. The second-order valence-electron chi connectivity index (χ2n) is 4.10. The summed E-state index contributed by atoms with van der Waals surface area (Å²) in [5, 5.41) is 9.12. The molecule has 0 aliphatic heterocycles. The summed E-state index contributed by atoms with van der Waals surface area (Å²) >= 11 is 0. The molecule has 1 unspecified atom stereocenters. The summed E-state index contributed by atoms with van der Waals surface area (Å²) < 4.78 is 10.5. The van der Waals surface area contributed by atoms with Gasteiger partial charge in [0.2, 0.25) is 0 Å². The van der Waals surface area contributed by atoms with E-state index >= 15 is 0 Å². The van der Waals surface area contributed by atoms with Gasteiger partial charge in [-0.25, -0.2) is 0 Å². The molecule has 4 nitrogen and oxygen atoms in total. The highest BCUT2D eigenvalue weighted by molar-refractivity contribution is 5.42. The van der Waals surface area contributed by atoms with Gasteiger partial charge in [-0.15, -0.1) is 0 Å². The van der Waals surface area contributed by atoms with E-state index in [2.05, 4.69) is 4.90 Å². The van der Waals surface area contributed by atoms with Crippen molar-refractivity contribution in [2.75, 3.05) is 34.9 Å². The van der Waals surface area contributed by atoms with Crippen LogP contribution in [-0.2, 0) is 0 Å². The van der Waals surface area contributed by atoms with Gasteiger partial charge in [-0.2, -0.15) is 0 Å². The SMILES string of the molecule is COc1ccc(C(CCO)N(C)C)c(OC)c1. The van der Waals surface area contributed by atoms with Crippen LogP contribution < -0.4 is 9.47 Å². The average Bonchev–Trinajstić information content (AvgIpc) is 2.35. The van der Waals surface area contributed by atoms with E-state index in [-0.39, 0.29) is 12.6 Å². The van der Waals surface area contributed by atoms with Gasteiger partial charge in [-0.05, 0) is 26.6 Å². The molecule has 0 radical (unpaired) electrons. The number of hydrogen-bond acceptors (Lipinski definition) is 4. The molecule has 1 atom stereocenters. The summed E-state index contributed by atoms with van der Waals surface area (Å²) in [6.07, 6.45) is 0.676. The Kier molecular flexibility index (Phi) is 5.25. The van der Waals surface area contributed by atoms with Gasteiger partial charge in [0.05, 0.1) is 14.2 Å². The zero-order chi connectivity index (χ0) is 12.8. The summed E-state index contributed by atoms with van der Waals surface area (Å²) in [6, 6.07) is 5.90. The minimum atomic E-state index is 0.140. The van der Waals surface area contributed by atoms with Crippen LogP contribution in [0, 0.1) is 0 Å².